The maximum absolute atomic E-state index is 6.42. The van der Waals surface area contributed by atoms with Gasteiger partial charge in [-0.1, -0.05) is 38.9 Å². The van der Waals surface area contributed by atoms with Gasteiger partial charge in [-0.2, -0.15) is 0 Å². The average molecular weight is 298 g/mol. The van der Waals surface area contributed by atoms with E-state index in [1.807, 2.05) is 0 Å². The smallest absolute Gasteiger partial charge is 0.0740 e. The van der Waals surface area contributed by atoms with Gasteiger partial charge in [0.25, 0.3) is 0 Å². The minimum atomic E-state index is 0.247. The van der Waals surface area contributed by atoms with Crippen LogP contribution in [-0.4, -0.2) is 41.2 Å². The minimum Gasteiger partial charge on any atom is -0.393 e. The van der Waals surface area contributed by atoms with E-state index in [-0.39, 0.29) is 5.60 Å². The predicted molar refractivity (Wildman–Crippen MR) is 88.0 cm³/mol. The van der Waals surface area contributed by atoms with Crippen molar-refractivity contribution in [3.05, 3.63) is 0 Å². The first-order chi connectivity index (χ1) is 9.49. The van der Waals surface area contributed by atoms with Crippen LogP contribution in [0.5, 0.6) is 0 Å². The van der Waals surface area contributed by atoms with Gasteiger partial charge in [0.1, 0.15) is 0 Å². The fraction of sp³-hybridized carbons (Fsp3) is 0.938. The SMILES string of the molecule is CC(C)CN(CCC(N)=S)CC1CCC2(CCCC2)O1. The number of hydrogen-bond acceptors (Lipinski definition) is 3. The molecular weight excluding hydrogens is 268 g/mol. The lowest BCUT2D eigenvalue weighted by molar-refractivity contribution is -0.0478. The molecule has 0 bridgehead atoms. The molecule has 1 aliphatic heterocycles. The Kier molecular flexibility index (Phi) is 5.82. The summed E-state index contributed by atoms with van der Waals surface area (Å²) in [5.41, 5.74) is 5.89. The van der Waals surface area contributed by atoms with Crippen LogP contribution in [0.1, 0.15) is 58.8 Å². The first kappa shape index (κ1) is 16.2. The molecule has 1 unspecified atom stereocenters. The molecule has 0 aromatic carbocycles. The lowest BCUT2D eigenvalue weighted by Crippen LogP contribution is -2.38. The van der Waals surface area contributed by atoms with Gasteiger partial charge in [-0.15, -0.1) is 0 Å². The fourth-order valence-corrected chi connectivity index (χ4v) is 3.83. The Bertz CT molecular complexity index is 326. The minimum absolute atomic E-state index is 0.247. The van der Waals surface area contributed by atoms with E-state index in [0.29, 0.717) is 17.0 Å². The van der Waals surface area contributed by atoms with Crippen molar-refractivity contribution >= 4 is 17.2 Å². The molecule has 0 radical (unpaired) electrons. The number of hydrogen-bond donors (Lipinski definition) is 1. The van der Waals surface area contributed by atoms with Gasteiger partial charge in [0.15, 0.2) is 0 Å². The van der Waals surface area contributed by atoms with E-state index < -0.39 is 0 Å². The molecule has 0 amide bonds. The van der Waals surface area contributed by atoms with Crippen molar-refractivity contribution in [3.63, 3.8) is 0 Å². The van der Waals surface area contributed by atoms with Gasteiger partial charge in [-0.3, -0.25) is 0 Å². The lowest BCUT2D eigenvalue weighted by Gasteiger charge is -2.29. The molecule has 2 rings (SSSR count). The fourth-order valence-electron chi connectivity index (χ4n) is 3.74. The molecule has 1 aliphatic carbocycles. The van der Waals surface area contributed by atoms with Crippen molar-refractivity contribution < 1.29 is 4.74 Å². The summed E-state index contributed by atoms with van der Waals surface area (Å²) >= 11 is 5.01. The standard InChI is InChI=1S/C16H30N2OS/c1-13(2)11-18(10-6-15(17)20)12-14-5-9-16(19-14)7-3-4-8-16/h13-14H,3-12H2,1-2H3,(H2,17,20). The molecule has 0 aromatic heterocycles. The number of ether oxygens (including phenoxy) is 1. The van der Waals surface area contributed by atoms with Gasteiger partial charge in [0, 0.05) is 26.1 Å². The van der Waals surface area contributed by atoms with Crippen molar-refractivity contribution in [2.24, 2.45) is 11.7 Å². The molecule has 3 nitrogen and oxygen atoms in total. The Morgan fingerprint density at radius 3 is 2.65 bits per heavy atom. The molecule has 20 heavy (non-hydrogen) atoms. The Morgan fingerprint density at radius 2 is 2.05 bits per heavy atom. The van der Waals surface area contributed by atoms with Crippen LogP contribution in [0, 0.1) is 5.92 Å². The third-order valence-electron chi connectivity index (χ3n) is 4.61. The summed E-state index contributed by atoms with van der Waals surface area (Å²) in [5.74, 6) is 0.670. The molecule has 1 saturated heterocycles. The molecule has 2 N–H and O–H groups in total. The zero-order valence-corrected chi connectivity index (χ0v) is 13.9. The molecule has 2 fully saturated rings. The van der Waals surface area contributed by atoms with Crippen LogP contribution in [0.3, 0.4) is 0 Å². The van der Waals surface area contributed by atoms with Crippen molar-refractivity contribution in [2.45, 2.75) is 70.5 Å². The maximum atomic E-state index is 6.42. The van der Waals surface area contributed by atoms with E-state index in [1.54, 1.807) is 0 Å². The summed E-state index contributed by atoms with van der Waals surface area (Å²) in [7, 11) is 0. The molecule has 1 atom stereocenters. The maximum Gasteiger partial charge on any atom is 0.0740 e. The summed E-state index contributed by atoms with van der Waals surface area (Å²) in [6.07, 6.45) is 8.98. The monoisotopic (exact) mass is 298 g/mol. The van der Waals surface area contributed by atoms with Crippen LogP contribution in [-0.2, 0) is 4.74 Å². The molecule has 1 spiro atoms. The molecule has 2 aliphatic rings. The summed E-state index contributed by atoms with van der Waals surface area (Å²) in [6.45, 7) is 7.65. The highest BCUT2D eigenvalue weighted by molar-refractivity contribution is 7.80. The van der Waals surface area contributed by atoms with Gasteiger partial charge in [0.2, 0.25) is 0 Å². The predicted octanol–water partition coefficient (Wildman–Crippen LogP) is 3.11. The van der Waals surface area contributed by atoms with Crippen molar-refractivity contribution in [2.75, 3.05) is 19.6 Å². The van der Waals surface area contributed by atoms with E-state index >= 15 is 0 Å². The Morgan fingerprint density at radius 1 is 1.35 bits per heavy atom. The average Bonchev–Trinajstić information content (AvgIpc) is 2.97. The van der Waals surface area contributed by atoms with E-state index in [9.17, 15) is 0 Å². The molecule has 116 valence electrons. The first-order valence-electron chi connectivity index (χ1n) is 8.17. The van der Waals surface area contributed by atoms with Gasteiger partial charge in [0.05, 0.1) is 16.7 Å². The van der Waals surface area contributed by atoms with Crippen LogP contribution in [0.15, 0.2) is 0 Å². The number of nitrogens with two attached hydrogens (primary N) is 1. The molecular formula is C16H30N2OS. The topological polar surface area (TPSA) is 38.5 Å². The number of nitrogens with zero attached hydrogens (tertiary/aromatic N) is 1. The molecule has 0 aromatic rings. The van der Waals surface area contributed by atoms with Crippen LogP contribution in [0.4, 0.5) is 0 Å². The zero-order chi connectivity index (χ0) is 14.6. The lowest BCUT2D eigenvalue weighted by atomic mass is 9.98. The quantitative estimate of drug-likeness (QED) is 0.733. The van der Waals surface area contributed by atoms with Crippen molar-refractivity contribution in [3.8, 4) is 0 Å². The summed E-state index contributed by atoms with van der Waals surface area (Å²) in [4.78, 5) is 3.11. The summed E-state index contributed by atoms with van der Waals surface area (Å²) in [6, 6.07) is 0. The van der Waals surface area contributed by atoms with Gasteiger partial charge < -0.3 is 15.4 Å². The first-order valence-corrected chi connectivity index (χ1v) is 8.58. The highest BCUT2D eigenvalue weighted by Gasteiger charge is 2.42. The van der Waals surface area contributed by atoms with Crippen molar-refractivity contribution in [1.82, 2.24) is 4.90 Å². The van der Waals surface area contributed by atoms with Gasteiger partial charge in [-0.25, -0.2) is 0 Å². The summed E-state index contributed by atoms with van der Waals surface area (Å²) < 4.78 is 6.42. The van der Waals surface area contributed by atoms with E-state index in [2.05, 4.69) is 18.7 Å². The highest BCUT2D eigenvalue weighted by atomic mass is 32.1. The zero-order valence-electron chi connectivity index (χ0n) is 13.1. The largest absolute Gasteiger partial charge is 0.393 e. The normalized spacial score (nSPS) is 25.1. The van der Waals surface area contributed by atoms with Crippen LogP contribution in [0.2, 0.25) is 0 Å². The number of rotatable bonds is 7. The summed E-state index contributed by atoms with van der Waals surface area (Å²) in [5, 5.41) is 0. The Hall–Kier alpha value is -0.190. The second kappa shape index (κ2) is 7.19. The second-order valence-electron chi connectivity index (χ2n) is 7.04. The van der Waals surface area contributed by atoms with E-state index in [0.717, 1.165) is 26.1 Å². The Balaban J connectivity index is 1.82. The van der Waals surface area contributed by atoms with Crippen LogP contribution in [0.25, 0.3) is 0 Å². The van der Waals surface area contributed by atoms with Crippen molar-refractivity contribution in [1.29, 1.82) is 0 Å². The highest BCUT2D eigenvalue weighted by Crippen LogP contribution is 2.43. The molecule has 1 heterocycles. The molecule has 1 saturated carbocycles. The van der Waals surface area contributed by atoms with Crippen LogP contribution < -0.4 is 5.73 Å². The van der Waals surface area contributed by atoms with Gasteiger partial charge >= 0.3 is 0 Å². The third-order valence-corrected chi connectivity index (χ3v) is 4.82. The number of thiocarbonyl (C=S) groups is 1. The van der Waals surface area contributed by atoms with E-state index in [4.69, 9.17) is 22.7 Å². The third kappa shape index (κ3) is 4.68. The van der Waals surface area contributed by atoms with Gasteiger partial charge in [-0.05, 0) is 31.6 Å². The van der Waals surface area contributed by atoms with E-state index in [1.165, 1.54) is 38.5 Å². The second-order valence-corrected chi connectivity index (χ2v) is 7.56. The van der Waals surface area contributed by atoms with Crippen LogP contribution >= 0.6 is 12.2 Å². The molecule has 4 heteroatoms. The Labute approximate surface area is 129 Å².